The summed E-state index contributed by atoms with van der Waals surface area (Å²) in [6, 6.07) is 4.18. The van der Waals surface area contributed by atoms with Gasteiger partial charge in [0.05, 0.1) is 0 Å². The molecule has 0 aliphatic carbocycles. The van der Waals surface area contributed by atoms with Crippen molar-refractivity contribution in [3.63, 3.8) is 0 Å². The summed E-state index contributed by atoms with van der Waals surface area (Å²) in [6.07, 6.45) is 5.33. The molecule has 0 bridgehead atoms. The Labute approximate surface area is 110 Å². The molecule has 1 aromatic heterocycles. The first kappa shape index (κ1) is 11.3. The molecule has 0 atom stereocenters. The van der Waals surface area contributed by atoms with Crippen LogP contribution >= 0.6 is 22.9 Å². The van der Waals surface area contributed by atoms with Gasteiger partial charge in [0.2, 0.25) is 0 Å². The predicted octanol–water partition coefficient (Wildman–Crippen LogP) is 4.23. The molecular weight excluding hydrogens is 250 g/mol. The third-order valence-electron chi connectivity index (χ3n) is 3.21. The quantitative estimate of drug-likeness (QED) is 0.812. The van der Waals surface area contributed by atoms with Crippen molar-refractivity contribution in [1.82, 2.24) is 5.32 Å². The molecule has 1 aromatic carbocycles. The van der Waals surface area contributed by atoms with E-state index in [0.717, 1.165) is 24.5 Å². The van der Waals surface area contributed by atoms with E-state index in [-0.39, 0.29) is 0 Å². The Morgan fingerprint density at radius 3 is 3.06 bits per heavy atom. The zero-order valence-corrected chi connectivity index (χ0v) is 11.3. The average Bonchev–Trinajstić information content (AvgIpc) is 2.53. The zero-order valence-electron chi connectivity index (χ0n) is 9.72. The summed E-state index contributed by atoms with van der Waals surface area (Å²) >= 11 is 8.19. The van der Waals surface area contributed by atoms with E-state index in [9.17, 15) is 0 Å². The van der Waals surface area contributed by atoms with Crippen LogP contribution in [0.25, 0.3) is 16.2 Å². The lowest BCUT2D eigenvalue weighted by Crippen LogP contribution is -2.14. The lowest BCUT2D eigenvalue weighted by Gasteiger charge is -2.03. The van der Waals surface area contributed by atoms with Crippen LogP contribution in [-0.4, -0.2) is 6.54 Å². The van der Waals surface area contributed by atoms with E-state index in [1.807, 2.05) is 17.4 Å². The monoisotopic (exact) mass is 263 g/mol. The number of allylic oxidation sites excluding steroid dienone is 1. The molecule has 1 N–H and O–H groups in total. The van der Waals surface area contributed by atoms with Crippen LogP contribution in [-0.2, 0) is 13.0 Å². The lowest BCUT2D eigenvalue weighted by atomic mass is 10.0. The minimum Gasteiger partial charge on any atom is -0.312 e. The Kier molecular flexibility index (Phi) is 2.95. The standard InChI is InChI=1S/C14H14ClNS/c1-2-3-12-10-8-16-7-6-9-11(15)4-5-13(17-12)14(9)10/h2-5,16H,6-8H2,1H3/b3-2+. The normalized spacial score (nSPS) is 15.6. The van der Waals surface area contributed by atoms with Crippen molar-refractivity contribution >= 4 is 39.1 Å². The van der Waals surface area contributed by atoms with Crippen LogP contribution in [0.3, 0.4) is 0 Å². The first-order valence-corrected chi connectivity index (χ1v) is 7.07. The van der Waals surface area contributed by atoms with Crippen LogP contribution in [0.5, 0.6) is 0 Å². The molecule has 0 amide bonds. The van der Waals surface area contributed by atoms with Gasteiger partial charge in [0, 0.05) is 26.5 Å². The van der Waals surface area contributed by atoms with Crippen molar-refractivity contribution in [3.8, 4) is 0 Å². The first-order chi connectivity index (χ1) is 8.31. The Bertz CT molecular complexity index is 598. The third-order valence-corrected chi connectivity index (χ3v) is 4.72. The smallest absolute Gasteiger partial charge is 0.0445 e. The third kappa shape index (κ3) is 1.81. The number of hydrogen-bond donors (Lipinski definition) is 1. The average molecular weight is 264 g/mol. The van der Waals surface area contributed by atoms with Crippen molar-refractivity contribution in [2.45, 2.75) is 19.9 Å². The van der Waals surface area contributed by atoms with Crippen LogP contribution in [0, 0.1) is 0 Å². The highest BCUT2D eigenvalue weighted by Crippen LogP contribution is 2.38. The van der Waals surface area contributed by atoms with Crippen LogP contribution in [0.1, 0.15) is 22.9 Å². The van der Waals surface area contributed by atoms with Gasteiger partial charge in [-0.2, -0.15) is 0 Å². The number of rotatable bonds is 1. The van der Waals surface area contributed by atoms with Gasteiger partial charge in [0.1, 0.15) is 0 Å². The van der Waals surface area contributed by atoms with Gasteiger partial charge in [0.25, 0.3) is 0 Å². The fourth-order valence-electron chi connectivity index (χ4n) is 2.45. The van der Waals surface area contributed by atoms with Crippen molar-refractivity contribution in [2.24, 2.45) is 0 Å². The maximum atomic E-state index is 6.33. The van der Waals surface area contributed by atoms with Crippen molar-refractivity contribution < 1.29 is 0 Å². The number of hydrogen-bond acceptors (Lipinski definition) is 2. The Hall–Kier alpha value is -0.830. The van der Waals surface area contributed by atoms with Crippen LogP contribution in [0.4, 0.5) is 0 Å². The Morgan fingerprint density at radius 1 is 1.35 bits per heavy atom. The summed E-state index contributed by atoms with van der Waals surface area (Å²) in [4.78, 5) is 1.36. The molecular formula is C14H14ClNS. The van der Waals surface area contributed by atoms with Gasteiger partial charge in [-0.1, -0.05) is 17.7 Å². The lowest BCUT2D eigenvalue weighted by molar-refractivity contribution is 0.703. The van der Waals surface area contributed by atoms with Crippen molar-refractivity contribution in [2.75, 3.05) is 6.54 Å². The molecule has 1 nitrogen and oxygen atoms in total. The second kappa shape index (κ2) is 4.45. The number of nitrogens with one attached hydrogen (secondary N) is 1. The van der Waals surface area contributed by atoms with E-state index >= 15 is 0 Å². The van der Waals surface area contributed by atoms with Crippen molar-refractivity contribution in [3.05, 3.63) is 39.2 Å². The van der Waals surface area contributed by atoms with Gasteiger partial charge in [-0.15, -0.1) is 11.3 Å². The molecule has 88 valence electrons. The van der Waals surface area contributed by atoms with Gasteiger partial charge in [-0.3, -0.25) is 0 Å². The summed E-state index contributed by atoms with van der Waals surface area (Å²) in [5, 5.41) is 5.78. The van der Waals surface area contributed by atoms with Gasteiger partial charge >= 0.3 is 0 Å². The van der Waals surface area contributed by atoms with Crippen molar-refractivity contribution in [1.29, 1.82) is 0 Å². The molecule has 0 fully saturated rings. The SMILES string of the molecule is C/C=C/c1sc2ccc(Cl)c3c2c1CNCC3. The van der Waals surface area contributed by atoms with Crippen LogP contribution in [0.15, 0.2) is 18.2 Å². The second-order valence-corrected chi connectivity index (χ2v) is 5.76. The highest BCUT2D eigenvalue weighted by atomic mass is 35.5. The highest BCUT2D eigenvalue weighted by molar-refractivity contribution is 7.20. The molecule has 1 aliphatic heterocycles. The molecule has 0 saturated carbocycles. The summed E-state index contributed by atoms with van der Waals surface area (Å²) in [5.41, 5.74) is 2.73. The molecule has 0 radical (unpaired) electrons. The van der Waals surface area contributed by atoms with Crippen LogP contribution in [0.2, 0.25) is 5.02 Å². The first-order valence-electron chi connectivity index (χ1n) is 5.87. The zero-order chi connectivity index (χ0) is 11.8. The number of benzene rings is 1. The van der Waals surface area contributed by atoms with E-state index in [0.29, 0.717) is 0 Å². The second-order valence-electron chi connectivity index (χ2n) is 4.27. The minimum atomic E-state index is 0.910. The molecule has 3 rings (SSSR count). The summed E-state index contributed by atoms with van der Waals surface area (Å²) < 4.78 is 1.36. The maximum absolute atomic E-state index is 6.33. The summed E-state index contributed by atoms with van der Waals surface area (Å²) in [7, 11) is 0. The largest absolute Gasteiger partial charge is 0.312 e. The Morgan fingerprint density at radius 2 is 2.24 bits per heavy atom. The maximum Gasteiger partial charge on any atom is 0.0445 e. The van der Waals surface area contributed by atoms with E-state index in [2.05, 4.69) is 30.5 Å². The summed E-state index contributed by atoms with van der Waals surface area (Å²) in [5.74, 6) is 0. The van der Waals surface area contributed by atoms with E-state index in [1.165, 1.54) is 26.1 Å². The van der Waals surface area contributed by atoms with E-state index in [4.69, 9.17) is 11.6 Å². The van der Waals surface area contributed by atoms with Gasteiger partial charge in [0.15, 0.2) is 0 Å². The molecule has 2 heterocycles. The van der Waals surface area contributed by atoms with Crippen LogP contribution < -0.4 is 5.32 Å². The molecule has 0 unspecified atom stereocenters. The van der Waals surface area contributed by atoms with Gasteiger partial charge in [-0.05, 0) is 49.2 Å². The minimum absolute atomic E-state index is 0.910. The molecule has 1 aliphatic rings. The van der Waals surface area contributed by atoms with Gasteiger partial charge < -0.3 is 5.32 Å². The fourth-order valence-corrected chi connectivity index (χ4v) is 3.93. The molecule has 2 aromatic rings. The van der Waals surface area contributed by atoms with E-state index in [1.54, 1.807) is 0 Å². The number of halogens is 1. The molecule has 17 heavy (non-hydrogen) atoms. The molecule has 0 spiro atoms. The molecule has 3 heteroatoms. The summed E-state index contributed by atoms with van der Waals surface area (Å²) in [6.45, 7) is 4.02. The highest BCUT2D eigenvalue weighted by Gasteiger charge is 2.18. The predicted molar refractivity (Wildman–Crippen MR) is 77.0 cm³/mol. The number of thiophene rings is 1. The topological polar surface area (TPSA) is 12.0 Å². The Balaban J connectivity index is 2.37. The molecule has 0 saturated heterocycles. The van der Waals surface area contributed by atoms with E-state index < -0.39 is 0 Å². The van der Waals surface area contributed by atoms with Gasteiger partial charge in [-0.25, -0.2) is 0 Å². The fraction of sp³-hybridized carbons (Fsp3) is 0.286.